The predicted octanol–water partition coefficient (Wildman–Crippen LogP) is -0.576. The van der Waals surface area contributed by atoms with Crippen LogP contribution in [0.3, 0.4) is 0 Å². The maximum absolute atomic E-state index is 10.8. The number of hydrogen-bond donors (Lipinski definition) is 2. The van der Waals surface area contributed by atoms with Gasteiger partial charge in [-0.3, -0.25) is 4.79 Å². The van der Waals surface area contributed by atoms with Gasteiger partial charge in [-0.05, 0) is 6.92 Å². The summed E-state index contributed by atoms with van der Waals surface area (Å²) in [6, 6.07) is -0.963. The molecule has 0 fully saturated rings. The van der Waals surface area contributed by atoms with E-state index >= 15 is 0 Å². The maximum atomic E-state index is 10.8. The van der Waals surface area contributed by atoms with Crippen molar-refractivity contribution in [3.05, 3.63) is 12.7 Å². The molecule has 11 heavy (non-hydrogen) atoms. The molecule has 0 aromatic carbocycles. The third-order valence-corrected chi connectivity index (χ3v) is 1.14. The van der Waals surface area contributed by atoms with Crippen LogP contribution in [0.1, 0.15) is 6.92 Å². The van der Waals surface area contributed by atoms with Crippen LogP contribution in [0.5, 0.6) is 0 Å². The van der Waals surface area contributed by atoms with Crippen LogP contribution in [-0.4, -0.2) is 29.8 Å². The normalized spacial score (nSPS) is 15.2. The van der Waals surface area contributed by atoms with Gasteiger partial charge in [-0.25, -0.2) is 0 Å². The van der Waals surface area contributed by atoms with Gasteiger partial charge in [0.2, 0.25) is 0 Å². The highest BCUT2D eigenvalue weighted by Crippen LogP contribution is 1.92. The Balaban J connectivity index is 3.73. The monoisotopic (exact) mass is 159 g/mol. The zero-order chi connectivity index (χ0) is 8.85. The molecule has 0 saturated heterocycles. The summed E-state index contributed by atoms with van der Waals surface area (Å²) in [5, 5.41) is 8.84. The molecular weight excluding hydrogens is 146 g/mol. The van der Waals surface area contributed by atoms with E-state index in [1.54, 1.807) is 0 Å². The lowest BCUT2D eigenvalue weighted by molar-refractivity contribution is -0.146. The zero-order valence-electron chi connectivity index (χ0n) is 6.49. The number of hydrogen-bond acceptors (Lipinski definition) is 4. The summed E-state index contributed by atoms with van der Waals surface area (Å²) in [5.41, 5.74) is 5.24. The van der Waals surface area contributed by atoms with Gasteiger partial charge < -0.3 is 15.6 Å². The zero-order valence-corrected chi connectivity index (χ0v) is 6.49. The number of ether oxygens (including phenoxy) is 1. The molecule has 0 aromatic heterocycles. The van der Waals surface area contributed by atoms with Crippen LogP contribution in [0.25, 0.3) is 0 Å². The summed E-state index contributed by atoms with van der Waals surface area (Å²) in [6.07, 6.45) is 0.555. The summed E-state index contributed by atoms with van der Waals surface area (Å²) in [4.78, 5) is 10.8. The van der Waals surface area contributed by atoms with Crippen molar-refractivity contribution in [2.24, 2.45) is 5.73 Å². The average molecular weight is 159 g/mol. The second kappa shape index (κ2) is 4.87. The average Bonchev–Trinajstić information content (AvgIpc) is 1.98. The number of rotatable bonds is 4. The molecule has 0 spiro atoms. The molecule has 64 valence electrons. The van der Waals surface area contributed by atoms with Crippen molar-refractivity contribution in [3.8, 4) is 0 Å². The molecular formula is C7H13NO3. The predicted molar refractivity (Wildman–Crippen MR) is 40.8 cm³/mol. The first-order chi connectivity index (χ1) is 5.09. The van der Waals surface area contributed by atoms with E-state index in [1.165, 1.54) is 13.0 Å². The Bertz CT molecular complexity index is 145. The standard InChI is InChI=1S/C7H13NO3/c1-3-4-11-7(10)6(8)5(2)9/h3,5-6,9H,1,4,8H2,2H3. The van der Waals surface area contributed by atoms with E-state index in [4.69, 9.17) is 10.8 Å². The van der Waals surface area contributed by atoms with Crippen LogP contribution < -0.4 is 5.73 Å². The summed E-state index contributed by atoms with van der Waals surface area (Å²) < 4.78 is 4.57. The van der Waals surface area contributed by atoms with Gasteiger partial charge in [0, 0.05) is 0 Å². The smallest absolute Gasteiger partial charge is 0.325 e. The van der Waals surface area contributed by atoms with Gasteiger partial charge in [-0.15, -0.1) is 0 Å². The van der Waals surface area contributed by atoms with Crippen LogP contribution in [-0.2, 0) is 9.53 Å². The van der Waals surface area contributed by atoms with Crippen molar-refractivity contribution >= 4 is 5.97 Å². The number of aliphatic hydroxyl groups excluding tert-OH is 1. The molecule has 4 heteroatoms. The summed E-state index contributed by atoms with van der Waals surface area (Å²) in [6.45, 7) is 4.91. The fourth-order valence-electron chi connectivity index (χ4n) is 0.434. The van der Waals surface area contributed by atoms with Crippen molar-refractivity contribution in [2.75, 3.05) is 6.61 Å². The molecule has 0 aliphatic rings. The van der Waals surface area contributed by atoms with Crippen molar-refractivity contribution in [1.82, 2.24) is 0 Å². The third-order valence-electron chi connectivity index (χ3n) is 1.14. The topological polar surface area (TPSA) is 72.5 Å². The Morgan fingerprint density at radius 3 is 2.82 bits per heavy atom. The lowest BCUT2D eigenvalue weighted by atomic mass is 10.2. The van der Waals surface area contributed by atoms with Gasteiger partial charge >= 0.3 is 5.97 Å². The molecule has 0 aromatic rings. The Labute approximate surface area is 65.6 Å². The van der Waals surface area contributed by atoms with Crippen LogP contribution >= 0.6 is 0 Å². The first kappa shape index (κ1) is 10.1. The molecule has 2 atom stereocenters. The third kappa shape index (κ3) is 3.75. The Kier molecular flexibility index (Phi) is 4.49. The van der Waals surface area contributed by atoms with Gasteiger partial charge in [-0.1, -0.05) is 12.7 Å². The van der Waals surface area contributed by atoms with E-state index < -0.39 is 18.1 Å². The number of esters is 1. The van der Waals surface area contributed by atoms with E-state index in [0.717, 1.165) is 0 Å². The quantitative estimate of drug-likeness (QED) is 0.425. The lowest BCUT2D eigenvalue weighted by Gasteiger charge is -2.12. The van der Waals surface area contributed by atoms with Gasteiger partial charge in [-0.2, -0.15) is 0 Å². The van der Waals surface area contributed by atoms with Crippen LogP contribution in [0.4, 0.5) is 0 Å². The second-order valence-electron chi connectivity index (χ2n) is 2.19. The fourth-order valence-corrected chi connectivity index (χ4v) is 0.434. The minimum absolute atomic E-state index is 0.124. The van der Waals surface area contributed by atoms with Crippen LogP contribution in [0.15, 0.2) is 12.7 Å². The van der Waals surface area contributed by atoms with E-state index in [-0.39, 0.29) is 6.61 Å². The van der Waals surface area contributed by atoms with E-state index in [2.05, 4.69) is 11.3 Å². The minimum Gasteiger partial charge on any atom is -0.460 e. The molecule has 3 N–H and O–H groups in total. The first-order valence-electron chi connectivity index (χ1n) is 3.30. The highest BCUT2D eigenvalue weighted by Gasteiger charge is 2.19. The van der Waals surface area contributed by atoms with Crippen molar-refractivity contribution in [3.63, 3.8) is 0 Å². The molecule has 0 rings (SSSR count). The Morgan fingerprint density at radius 2 is 2.45 bits per heavy atom. The van der Waals surface area contributed by atoms with E-state index in [9.17, 15) is 4.79 Å². The molecule has 0 bridgehead atoms. The summed E-state index contributed by atoms with van der Waals surface area (Å²) in [7, 11) is 0. The highest BCUT2D eigenvalue weighted by molar-refractivity contribution is 5.76. The largest absolute Gasteiger partial charge is 0.460 e. The molecule has 0 heterocycles. The fraction of sp³-hybridized carbons (Fsp3) is 0.571. The molecule has 2 unspecified atom stereocenters. The number of aliphatic hydroxyl groups is 1. The minimum atomic E-state index is -0.963. The van der Waals surface area contributed by atoms with Crippen LogP contribution in [0, 0.1) is 0 Å². The summed E-state index contributed by atoms with van der Waals surface area (Å²) >= 11 is 0. The van der Waals surface area contributed by atoms with Gasteiger partial charge in [0.05, 0.1) is 6.10 Å². The lowest BCUT2D eigenvalue weighted by Crippen LogP contribution is -2.41. The Morgan fingerprint density at radius 1 is 1.91 bits per heavy atom. The number of carbonyl (C=O) groups is 1. The highest BCUT2D eigenvalue weighted by atomic mass is 16.5. The van der Waals surface area contributed by atoms with Crippen LogP contribution in [0.2, 0.25) is 0 Å². The second-order valence-corrected chi connectivity index (χ2v) is 2.19. The van der Waals surface area contributed by atoms with Gasteiger partial charge in [0.1, 0.15) is 12.6 Å². The first-order valence-corrected chi connectivity index (χ1v) is 3.30. The molecule has 0 radical (unpaired) electrons. The Hall–Kier alpha value is -0.870. The van der Waals surface area contributed by atoms with Gasteiger partial charge in [0.15, 0.2) is 0 Å². The molecule has 0 aliphatic carbocycles. The molecule has 0 saturated carbocycles. The molecule has 0 amide bonds. The van der Waals surface area contributed by atoms with Gasteiger partial charge in [0.25, 0.3) is 0 Å². The number of carbonyl (C=O) groups excluding carboxylic acids is 1. The van der Waals surface area contributed by atoms with Crippen molar-refractivity contribution in [1.29, 1.82) is 0 Å². The summed E-state index contributed by atoms with van der Waals surface area (Å²) in [5.74, 6) is -0.611. The van der Waals surface area contributed by atoms with E-state index in [1.807, 2.05) is 0 Å². The van der Waals surface area contributed by atoms with Crippen molar-refractivity contribution < 1.29 is 14.6 Å². The molecule has 0 aliphatic heterocycles. The number of nitrogens with two attached hydrogens (primary N) is 1. The van der Waals surface area contributed by atoms with Crippen molar-refractivity contribution in [2.45, 2.75) is 19.1 Å². The SMILES string of the molecule is C=CCOC(=O)C(N)C(C)O. The molecule has 4 nitrogen and oxygen atoms in total. The van der Waals surface area contributed by atoms with E-state index in [0.29, 0.717) is 0 Å². The maximum Gasteiger partial charge on any atom is 0.325 e.